The van der Waals surface area contributed by atoms with Gasteiger partial charge in [0, 0.05) is 28.1 Å². The van der Waals surface area contributed by atoms with Crippen LogP contribution in [0.25, 0.3) is 16.6 Å². The third-order valence-electron chi connectivity index (χ3n) is 5.15. The maximum atomic E-state index is 12.7. The average molecular weight is 449 g/mol. The second-order valence-electron chi connectivity index (χ2n) is 8.61. The number of hydrogen-bond donors (Lipinski definition) is 2. The first-order valence-electron chi connectivity index (χ1n) is 10.3. The molecule has 3 aromatic heterocycles. The molecule has 0 fully saturated rings. The Balaban J connectivity index is 1.57. The van der Waals surface area contributed by atoms with Crippen LogP contribution in [0.2, 0.25) is 5.15 Å². The molecule has 3 heterocycles. The van der Waals surface area contributed by atoms with Gasteiger partial charge in [0.05, 0.1) is 23.6 Å². The molecule has 32 heavy (non-hydrogen) atoms. The summed E-state index contributed by atoms with van der Waals surface area (Å²) in [7, 11) is 0. The van der Waals surface area contributed by atoms with Crippen LogP contribution in [0.3, 0.4) is 0 Å². The molecule has 0 saturated heterocycles. The van der Waals surface area contributed by atoms with Crippen LogP contribution in [0.1, 0.15) is 37.9 Å². The zero-order chi connectivity index (χ0) is 22.9. The van der Waals surface area contributed by atoms with E-state index < -0.39 is 0 Å². The molecule has 2 N–H and O–H groups in total. The molecular formula is C24H25ClN6O. The van der Waals surface area contributed by atoms with Crippen molar-refractivity contribution in [3.8, 4) is 5.82 Å². The highest BCUT2D eigenvalue weighted by Gasteiger charge is 2.21. The fourth-order valence-electron chi connectivity index (χ4n) is 3.43. The fourth-order valence-corrected chi connectivity index (χ4v) is 3.59. The summed E-state index contributed by atoms with van der Waals surface area (Å²) < 4.78 is 1.72. The van der Waals surface area contributed by atoms with Crippen molar-refractivity contribution in [1.29, 1.82) is 0 Å². The number of aryl methyl sites for hydroxylation is 1. The molecule has 0 atom stereocenters. The van der Waals surface area contributed by atoms with Gasteiger partial charge in [-0.2, -0.15) is 5.10 Å². The third kappa shape index (κ3) is 4.57. The Bertz CT molecular complexity index is 1290. The lowest BCUT2D eigenvalue weighted by Crippen LogP contribution is -2.29. The minimum atomic E-state index is -0.309. The SMILES string of the molecule is Cc1nccc2c(NC(=O)NCc3cc(C(C)(C)C)nn3-c3cccc(Cl)n3)cccc12. The van der Waals surface area contributed by atoms with E-state index >= 15 is 0 Å². The summed E-state index contributed by atoms with van der Waals surface area (Å²) in [4.78, 5) is 21.4. The molecule has 1 aromatic carbocycles. The molecule has 0 unspecified atom stereocenters. The minimum Gasteiger partial charge on any atom is -0.332 e. The topological polar surface area (TPSA) is 84.7 Å². The summed E-state index contributed by atoms with van der Waals surface area (Å²) in [5.41, 5.74) is 3.19. The smallest absolute Gasteiger partial charge is 0.319 e. The van der Waals surface area contributed by atoms with Gasteiger partial charge in [-0.1, -0.05) is 50.6 Å². The molecule has 4 aromatic rings. The number of carbonyl (C=O) groups is 1. The number of rotatable bonds is 4. The first-order chi connectivity index (χ1) is 15.2. The van der Waals surface area contributed by atoms with Crippen LogP contribution in [0.4, 0.5) is 10.5 Å². The zero-order valence-electron chi connectivity index (χ0n) is 18.5. The Morgan fingerprint density at radius 1 is 1.09 bits per heavy atom. The van der Waals surface area contributed by atoms with Crippen LogP contribution in [-0.4, -0.2) is 25.8 Å². The Morgan fingerprint density at radius 3 is 2.62 bits per heavy atom. The van der Waals surface area contributed by atoms with Gasteiger partial charge in [0.25, 0.3) is 0 Å². The van der Waals surface area contributed by atoms with E-state index in [9.17, 15) is 4.79 Å². The van der Waals surface area contributed by atoms with Gasteiger partial charge < -0.3 is 10.6 Å². The number of benzene rings is 1. The largest absolute Gasteiger partial charge is 0.332 e. The van der Waals surface area contributed by atoms with Crippen LogP contribution in [0.5, 0.6) is 0 Å². The van der Waals surface area contributed by atoms with Crippen molar-refractivity contribution in [2.75, 3.05) is 5.32 Å². The Hall–Kier alpha value is -3.45. The normalized spacial score (nSPS) is 11.5. The van der Waals surface area contributed by atoms with Crippen LogP contribution in [0.15, 0.2) is 54.7 Å². The lowest BCUT2D eigenvalue weighted by molar-refractivity contribution is 0.251. The number of nitrogens with zero attached hydrogens (tertiary/aromatic N) is 4. The number of nitrogens with one attached hydrogen (secondary N) is 2. The number of pyridine rings is 2. The molecule has 164 valence electrons. The molecule has 4 rings (SSSR count). The quantitative estimate of drug-likeness (QED) is 0.409. The lowest BCUT2D eigenvalue weighted by atomic mass is 9.92. The molecule has 8 heteroatoms. The number of hydrogen-bond acceptors (Lipinski definition) is 4. The molecule has 0 aliphatic rings. The predicted octanol–water partition coefficient (Wildman–Crippen LogP) is 5.40. The molecule has 7 nitrogen and oxygen atoms in total. The highest BCUT2D eigenvalue weighted by Crippen LogP contribution is 2.25. The molecule has 0 saturated carbocycles. The Labute approximate surface area is 191 Å². The standard InChI is InChI=1S/C24H25ClN6O/c1-15-17-7-5-8-19(18(17)11-12-26-15)28-23(32)27-14-16-13-20(24(2,3)4)30-31(16)22-10-6-9-21(25)29-22/h5-13H,14H2,1-4H3,(H2,27,28,32). The van der Waals surface area contributed by atoms with Crippen LogP contribution in [-0.2, 0) is 12.0 Å². The highest BCUT2D eigenvalue weighted by atomic mass is 35.5. The van der Waals surface area contributed by atoms with Gasteiger partial charge >= 0.3 is 6.03 Å². The van der Waals surface area contributed by atoms with Crippen LogP contribution in [0, 0.1) is 6.92 Å². The monoisotopic (exact) mass is 448 g/mol. The number of fused-ring (bicyclic) bond motifs is 1. The average Bonchev–Trinajstić information content (AvgIpc) is 3.18. The summed E-state index contributed by atoms with van der Waals surface area (Å²) >= 11 is 6.08. The summed E-state index contributed by atoms with van der Waals surface area (Å²) in [6, 6.07) is 14.7. The van der Waals surface area contributed by atoms with E-state index in [0.717, 1.165) is 33.5 Å². The van der Waals surface area contributed by atoms with E-state index in [1.807, 2.05) is 49.4 Å². The van der Waals surface area contributed by atoms with Gasteiger partial charge in [-0.25, -0.2) is 14.5 Å². The number of carbonyl (C=O) groups excluding carboxylic acids is 1. The van der Waals surface area contributed by atoms with Gasteiger partial charge in [0.2, 0.25) is 0 Å². The molecule has 0 radical (unpaired) electrons. The number of urea groups is 1. The predicted molar refractivity (Wildman–Crippen MR) is 127 cm³/mol. The maximum Gasteiger partial charge on any atom is 0.319 e. The van der Waals surface area contributed by atoms with Gasteiger partial charge in [-0.3, -0.25) is 4.98 Å². The van der Waals surface area contributed by atoms with Crippen molar-refractivity contribution < 1.29 is 4.79 Å². The number of amides is 2. The van der Waals surface area contributed by atoms with Gasteiger partial charge in [0.15, 0.2) is 5.82 Å². The molecule has 0 bridgehead atoms. The van der Waals surface area contributed by atoms with Crippen molar-refractivity contribution in [1.82, 2.24) is 25.1 Å². The van der Waals surface area contributed by atoms with Gasteiger partial charge in [-0.15, -0.1) is 0 Å². The minimum absolute atomic E-state index is 0.157. The van der Waals surface area contributed by atoms with Gasteiger partial charge in [0.1, 0.15) is 5.15 Å². The Morgan fingerprint density at radius 2 is 1.88 bits per heavy atom. The maximum absolute atomic E-state index is 12.7. The molecular weight excluding hydrogens is 424 g/mol. The summed E-state index contributed by atoms with van der Waals surface area (Å²) in [6.45, 7) is 8.49. The molecule has 2 amide bonds. The van der Waals surface area contributed by atoms with Crippen LogP contribution < -0.4 is 10.6 Å². The molecule has 0 spiro atoms. The second kappa shape index (κ2) is 8.59. The zero-order valence-corrected chi connectivity index (χ0v) is 19.2. The molecule has 0 aliphatic heterocycles. The first kappa shape index (κ1) is 21.8. The Kier molecular flexibility index (Phi) is 5.84. The van der Waals surface area contributed by atoms with E-state index in [1.54, 1.807) is 16.9 Å². The number of halogens is 1. The fraction of sp³-hybridized carbons (Fsp3) is 0.250. The lowest BCUT2D eigenvalue weighted by Gasteiger charge is -2.14. The summed E-state index contributed by atoms with van der Waals surface area (Å²) in [6.07, 6.45) is 1.74. The van der Waals surface area contributed by atoms with Crippen molar-refractivity contribution >= 4 is 34.1 Å². The van der Waals surface area contributed by atoms with Crippen molar-refractivity contribution in [2.24, 2.45) is 0 Å². The van der Waals surface area contributed by atoms with E-state index in [0.29, 0.717) is 11.0 Å². The van der Waals surface area contributed by atoms with E-state index in [-0.39, 0.29) is 18.0 Å². The summed E-state index contributed by atoms with van der Waals surface area (Å²) in [5, 5.41) is 12.9. The van der Waals surface area contributed by atoms with Crippen LogP contribution >= 0.6 is 11.6 Å². The van der Waals surface area contributed by atoms with Crippen molar-refractivity contribution in [2.45, 2.75) is 39.7 Å². The van der Waals surface area contributed by atoms with E-state index in [1.165, 1.54) is 0 Å². The van der Waals surface area contributed by atoms with Gasteiger partial charge in [-0.05, 0) is 37.3 Å². The number of anilines is 1. The highest BCUT2D eigenvalue weighted by molar-refractivity contribution is 6.29. The first-order valence-corrected chi connectivity index (χ1v) is 10.7. The van der Waals surface area contributed by atoms with Crippen molar-refractivity contribution in [3.05, 3.63) is 77.0 Å². The van der Waals surface area contributed by atoms with E-state index in [2.05, 4.69) is 41.4 Å². The molecule has 0 aliphatic carbocycles. The third-order valence-corrected chi connectivity index (χ3v) is 5.36. The second-order valence-corrected chi connectivity index (χ2v) is 8.99. The van der Waals surface area contributed by atoms with Crippen molar-refractivity contribution in [3.63, 3.8) is 0 Å². The van der Waals surface area contributed by atoms with E-state index in [4.69, 9.17) is 16.7 Å². The number of aromatic nitrogens is 4. The summed E-state index contributed by atoms with van der Waals surface area (Å²) in [5.74, 6) is 0.599.